The van der Waals surface area contributed by atoms with Crippen LogP contribution >= 0.6 is 11.3 Å². The number of rotatable bonds is 3. The van der Waals surface area contributed by atoms with Gasteiger partial charge in [-0.1, -0.05) is 12.1 Å². The van der Waals surface area contributed by atoms with E-state index in [1.54, 1.807) is 11.3 Å². The zero-order valence-corrected chi connectivity index (χ0v) is 18.0. The molecule has 0 N–H and O–H groups in total. The lowest BCUT2D eigenvalue weighted by Crippen LogP contribution is -2.37. The molecule has 0 atom stereocenters. The van der Waals surface area contributed by atoms with E-state index in [9.17, 15) is 4.79 Å². The molecule has 1 aliphatic heterocycles. The predicted octanol–water partition coefficient (Wildman–Crippen LogP) is 5.12. The molecule has 0 radical (unpaired) electrons. The second-order valence-electron chi connectivity index (χ2n) is 7.97. The highest BCUT2D eigenvalue weighted by Gasteiger charge is 2.26. The summed E-state index contributed by atoms with van der Waals surface area (Å²) in [5, 5.41) is 5.72. The van der Waals surface area contributed by atoms with Crippen molar-refractivity contribution in [1.29, 1.82) is 0 Å². The molecule has 3 heterocycles. The third-order valence-electron chi connectivity index (χ3n) is 5.81. The highest BCUT2D eigenvalue weighted by atomic mass is 32.1. The van der Waals surface area contributed by atoms with Gasteiger partial charge < -0.3 is 4.90 Å². The molecule has 5 nitrogen and oxygen atoms in total. The minimum absolute atomic E-state index is 0.109. The van der Waals surface area contributed by atoms with Crippen molar-refractivity contribution in [1.82, 2.24) is 19.7 Å². The molecule has 30 heavy (non-hydrogen) atoms. The summed E-state index contributed by atoms with van der Waals surface area (Å²) in [5.74, 6) is 0.553. The van der Waals surface area contributed by atoms with Crippen LogP contribution in [0.5, 0.6) is 0 Å². The van der Waals surface area contributed by atoms with Gasteiger partial charge >= 0.3 is 0 Å². The van der Waals surface area contributed by atoms with Crippen molar-refractivity contribution in [2.75, 3.05) is 13.1 Å². The number of hydrogen-bond donors (Lipinski definition) is 0. The molecule has 0 saturated carbocycles. The van der Waals surface area contributed by atoms with E-state index in [1.807, 2.05) is 53.8 Å². The maximum Gasteiger partial charge on any atom is 0.253 e. The molecule has 2 aromatic heterocycles. The summed E-state index contributed by atoms with van der Waals surface area (Å²) in [6.45, 7) is 5.57. The number of likely N-dealkylation sites (tertiary alicyclic amines) is 1. The Labute approximate surface area is 180 Å². The lowest BCUT2D eigenvalue weighted by molar-refractivity contribution is 0.0713. The maximum absolute atomic E-state index is 13.0. The minimum Gasteiger partial charge on any atom is -0.339 e. The maximum atomic E-state index is 13.0. The molecule has 152 valence electrons. The Hall–Kier alpha value is -2.99. The third-order valence-corrected chi connectivity index (χ3v) is 7.01. The highest BCUT2D eigenvalue weighted by molar-refractivity contribution is 7.18. The monoisotopic (exact) mass is 416 g/mol. The second-order valence-corrected chi connectivity index (χ2v) is 9.03. The Balaban J connectivity index is 1.25. The van der Waals surface area contributed by atoms with Crippen molar-refractivity contribution >= 4 is 27.5 Å². The van der Waals surface area contributed by atoms with Crippen molar-refractivity contribution in [3.05, 3.63) is 76.6 Å². The van der Waals surface area contributed by atoms with Gasteiger partial charge in [0, 0.05) is 30.3 Å². The van der Waals surface area contributed by atoms with Crippen LogP contribution in [0, 0.1) is 13.8 Å². The van der Waals surface area contributed by atoms with Gasteiger partial charge in [-0.25, -0.2) is 9.67 Å². The van der Waals surface area contributed by atoms with E-state index in [0.29, 0.717) is 5.92 Å². The van der Waals surface area contributed by atoms with E-state index in [4.69, 9.17) is 4.98 Å². The molecular formula is C24H24N4OS. The van der Waals surface area contributed by atoms with Crippen LogP contribution < -0.4 is 0 Å². The number of carbonyl (C=O) groups is 1. The lowest BCUT2D eigenvalue weighted by Gasteiger charge is -2.31. The topological polar surface area (TPSA) is 51.0 Å². The van der Waals surface area contributed by atoms with Crippen molar-refractivity contribution in [2.24, 2.45) is 0 Å². The fourth-order valence-electron chi connectivity index (χ4n) is 4.21. The SMILES string of the molecule is Cc1cc(C)n(-c2ccc(C(=O)N3CCC(c4nc5ccccc5s4)CC3)cc2)n1. The van der Waals surface area contributed by atoms with Gasteiger partial charge in [0.05, 0.1) is 26.6 Å². The van der Waals surface area contributed by atoms with Crippen LogP contribution in [0.2, 0.25) is 0 Å². The molecule has 1 aliphatic rings. The van der Waals surface area contributed by atoms with Crippen molar-refractivity contribution in [3.63, 3.8) is 0 Å². The van der Waals surface area contributed by atoms with Gasteiger partial charge in [-0.3, -0.25) is 4.79 Å². The standard InChI is InChI=1S/C24H24N4OS/c1-16-15-17(2)28(26-16)20-9-7-19(8-10-20)24(29)27-13-11-18(12-14-27)23-25-21-5-3-4-6-22(21)30-23/h3-10,15,18H,11-14H2,1-2H3. The summed E-state index contributed by atoms with van der Waals surface area (Å²) in [4.78, 5) is 19.8. The Morgan fingerprint density at radius 2 is 1.77 bits per heavy atom. The zero-order chi connectivity index (χ0) is 20.7. The quantitative estimate of drug-likeness (QED) is 0.466. The fraction of sp³-hybridized carbons (Fsp3) is 0.292. The van der Waals surface area contributed by atoms with E-state index >= 15 is 0 Å². The molecule has 4 aromatic rings. The first-order valence-corrected chi connectivity index (χ1v) is 11.2. The number of benzene rings is 2. The molecule has 1 fully saturated rings. The van der Waals surface area contributed by atoms with Gasteiger partial charge in [-0.2, -0.15) is 5.10 Å². The number of carbonyl (C=O) groups excluding carboxylic acids is 1. The molecule has 0 unspecified atom stereocenters. The normalized spacial score (nSPS) is 15.1. The molecular weight excluding hydrogens is 392 g/mol. The van der Waals surface area contributed by atoms with Crippen molar-refractivity contribution in [2.45, 2.75) is 32.6 Å². The Morgan fingerprint density at radius 3 is 2.43 bits per heavy atom. The summed E-state index contributed by atoms with van der Waals surface area (Å²) in [6.07, 6.45) is 1.94. The summed E-state index contributed by atoms with van der Waals surface area (Å²) >= 11 is 1.79. The minimum atomic E-state index is 0.109. The average Bonchev–Trinajstić information content (AvgIpc) is 3.36. The number of piperidine rings is 1. The second kappa shape index (κ2) is 7.69. The molecule has 0 bridgehead atoms. The molecule has 5 rings (SSSR count). The fourth-order valence-corrected chi connectivity index (χ4v) is 5.35. The van der Waals surface area contributed by atoms with E-state index in [-0.39, 0.29) is 5.91 Å². The van der Waals surface area contributed by atoms with E-state index in [2.05, 4.69) is 29.4 Å². The van der Waals surface area contributed by atoms with Crippen LogP contribution in [0.4, 0.5) is 0 Å². The van der Waals surface area contributed by atoms with Crippen LogP contribution in [-0.4, -0.2) is 38.7 Å². The van der Waals surface area contributed by atoms with Gasteiger partial charge in [0.2, 0.25) is 0 Å². The van der Waals surface area contributed by atoms with Gasteiger partial charge in [-0.05, 0) is 69.2 Å². The predicted molar refractivity (Wildman–Crippen MR) is 121 cm³/mol. The summed E-state index contributed by atoms with van der Waals surface area (Å²) in [7, 11) is 0. The Kier molecular flexibility index (Phi) is 4.87. The average molecular weight is 417 g/mol. The number of fused-ring (bicyclic) bond motifs is 1. The van der Waals surface area contributed by atoms with Crippen LogP contribution in [0.1, 0.15) is 45.5 Å². The van der Waals surface area contributed by atoms with Gasteiger partial charge in [0.15, 0.2) is 0 Å². The molecule has 1 saturated heterocycles. The molecule has 0 spiro atoms. The number of aryl methyl sites for hydroxylation is 2. The van der Waals surface area contributed by atoms with Crippen LogP contribution in [-0.2, 0) is 0 Å². The first-order chi connectivity index (χ1) is 14.6. The number of thiazole rings is 1. The van der Waals surface area contributed by atoms with Crippen molar-refractivity contribution in [3.8, 4) is 5.69 Å². The first-order valence-electron chi connectivity index (χ1n) is 10.4. The number of para-hydroxylation sites is 1. The smallest absolute Gasteiger partial charge is 0.253 e. The molecule has 1 amide bonds. The first kappa shape index (κ1) is 19.0. The number of hydrogen-bond acceptors (Lipinski definition) is 4. The van der Waals surface area contributed by atoms with Gasteiger partial charge in [0.1, 0.15) is 0 Å². The number of nitrogens with zero attached hydrogens (tertiary/aromatic N) is 4. The zero-order valence-electron chi connectivity index (χ0n) is 17.2. The van der Waals surface area contributed by atoms with Crippen LogP contribution in [0.15, 0.2) is 54.6 Å². The number of aromatic nitrogens is 3. The van der Waals surface area contributed by atoms with Crippen LogP contribution in [0.25, 0.3) is 15.9 Å². The number of amides is 1. The lowest BCUT2D eigenvalue weighted by atomic mass is 9.97. The molecule has 2 aromatic carbocycles. The van der Waals surface area contributed by atoms with Crippen molar-refractivity contribution < 1.29 is 4.79 Å². The Bertz CT molecular complexity index is 1170. The van der Waals surface area contributed by atoms with E-state index in [0.717, 1.165) is 54.1 Å². The summed E-state index contributed by atoms with van der Waals surface area (Å²) in [6, 6.07) is 18.1. The van der Waals surface area contributed by atoms with E-state index < -0.39 is 0 Å². The van der Waals surface area contributed by atoms with E-state index in [1.165, 1.54) is 9.71 Å². The largest absolute Gasteiger partial charge is 0.339 e. The highest BCUT2D eigenvalue weighted by Crippen LogP contribution is 2.34. The third kappa shape index (κ3) is 3.52. The summed E-state index contributed by atoms with van der Waals surface area (Å²) < 4.78 is 3.15. The van der Waals surface area contributed by atoms with Gasteiger partial charge in [0.25, 0.3) is 5.91 Å². The van der Waals surface area contributed by atoms with Crippen LogP contribution in [0.3, 0.4) is 0 Å². The molecule has 0 aliphatic carbocycles. The molecule has 6 heteroatoms. The Morgan fingerprint density at radius 1 is 1.03 bits per heavy atom. The summed E-state index contributed by atoms with van der Waals surface area (Å²) in [5.41, 5.74) is 4.87. The van der Waals surface area contributed by atoms with Gasteiger partial charge in [-0.15, -0.1) is 11.3 Å².